The van der Waals surface area contributed by atoms with Gasteiger partial charge in [0.1, 0.15) is 17.0 Å². The van der Waals surface area contributed by atoms with Crippen molar-refractivity contribution in [1.29, 1.82) is 0 Å². The van der Waals surface area contributed by atoms with Gasteiger partial charge in [0.25, 0.3) is 5.91 Å². The van der Waals surface area contributed by atoms with Crippen LogP contribution in [0, 0.1) is 0 Å². The SMILES string of the molecule is COc1ccc(OC)c(NC(=O)COC(=O)/C=C/c2nc3ccccc3o2)c1. The first-order valence-corrected chi connectivity index (χ1v) is 8.31. The Hall–Kier alpha value is -3.81. The smallest absolute Gasteiger partial charge is 0.331 e. The number of amides is 1. The highest BCUT2D eigenvalue weighted by molar-refractivity contribution is 5.95. The van der Waals surface area contributed by atoms with Gasteiger partial charge < -0.3 is 23.9 Å². The standard InChI is InChI=1S/C20H18N2O6/c1-25-13-7-8-16(26-2)15(11-13)21-18(23)12-27-20(24)10-9-19-22-14-5-3-4-6-17(14)28-19/h3-11H,12H2,1-2H3,(H,21,23)/b10-9+. The van der Waals surface area contributed by atoms with Crippen LogP contribution in [0.25, 0.3) is 17.2 Å². The number of benzene rings is 2. The van der Waals surface area contributed by atoms with Crippen LogP contribution in [0.2, 0.25) is 0 Å². The number of aromatic nitrogens is 1. The summed E-state index contributed by atoms with van der Waals surface area (Å²) in [5, 5.41) is 2.61. The van der Waals surface area contributed by atoms with Gasteiger partial charge in [0.15, 0.2) is 12.2 Å². The summed E-state index contributed by atoms with van der Waals surface area (Å²) >= 11 is 0. The number of rotatable bonds is 7. The fourth-order valence-electron chi connectivity index (χ4n) is 2.38. The van der Waals surface area contributed by atoms with Crippen molar-refractivity contribution >= 4 is 34.7 Å². The molecule has 0 aliphatic heterocycles. The monoisotopic (exact) mass is 382 g/mol. The Morgan fingerprint density at radius 3 is 2.71 bits per heavy atom. The number of carbonyl (C=O) groups excluding carboxylic acids is 2. The molecule has 8 nitrogen and oxygen atoms in total. The molecule has 0 spiro atoms. The van der Waals surface area contributed by atoms with E-state index in [0.717, 1.165) is 6.08 Å². The fraction of sp³-hybridized carbons (Fsp3) is 0.150. The van der Waals surface area contributed by atoms with Crippen molar-refractivity contribution in [2.45, 2.75) is 0 Å². The van der Waals surface area contributed by atoms with Crippen molar-refractivity contribution in [2.75, 3.05) is 26.1 Å². The minimum absolute atomic E-state index is 0.267. The lowest BCUT2D eigenvalue weighted by molar-refractivity contribution is -0.142. The molecule has 0 bridgehead atoms. The van der Waals surface area contributed by atoms with Crippen molar-refractivity contribution in [3.63, 3.8) is 0 Å². The van der Waals surface area contributed by atoms with Crippen molar-refractivity contribution in [1.82, 2.24) is 4.98 Å². The highest BCUT2D eigenvalue weighted by Crippen LogP contribution is 2.28. The highest BCUT2D eigenvalue weighted by atomic mass is 16.5. The second kappa shape index (κ2) is 8.72. The number of anilines is 1. The molecule has 3 aromatic rings. The molecule has 144 valence electrons. The third kappa shape index (κ3) is 4.67. The van der Waals surface area contributed by atoms with E-state index >= 15 is 0 Å². The maximum atomic E-state index is 12.0. The molecule has 8 heteroatoms. The van der Waals surface area contributed by atoms with E-state index in [-0.39, 0.29) is 5.89 Å². The molecule has 0 fully saturated rings. The summed E-state index contributed by atoms with van der Waals surface area (Å²) in [4.78, 5) is 28.1. The molecule has 0 saturated carbocycles. The van der Waals surface area contributed by atoms with Crippen molar-refractivity contribution < 1.29 is 28.2 Å². The molecule has 1 aromatic heterocycles. The predicted molar refractivity (Wildman–Crippen MR) is 102 cm³/mol. The van der Waals surface area contributed by atoms with E-state index < -0.39 is 18.5 Å². The number of hydrogen-bond donors (Lipinski definition) is 1. The van der Waals surface area contributed by atoms with E-state index in [4.69, 9.17) is 18.6 Å². The van der Waals surface area contributed by atoms with E-state index in [2.05, 4.69) is 10.3 Å². The van der Waals surface area contributed by atoms with Crippen LogP contribution in [-0.4, -0.2) is 37.7 Å². The number of esters is 1. The molecule has 0 radical (unpaired) electrons. The molecular weight excluding hydrogens is 364 g/mol. The summed E-state index contributed by atoms with van der Waals surface area (Å²) in [6.45, 7) is -0.461. The van der Waals surface area contributed by atoms with E-state index in [9.17, 15) is 9.59 Å². The van der Waals surface area contributed by atoms with Gasteiger partial charge in [0.05, 0.1) is 19.9 Å². The fourth-order valence-corrected chi connectivity index (χ4v) is 2.38. The van der Waals surface area contributed by atoms with Crippen LogP contribution in [0.1, 0.15) is 5.89 Å². The molecule has 28 heavy (non-hydrogen) atoms. The molecule has 1 amide bonds. The largest absolute Gasteiger partial charge is 0.497 e. The average molecular weight is 382 g/mol. The van der Waals surface area contributed by atoms with Gasteiger partial charge in [0, 0.05) is 18.2 Å². The Balaban J connectivity index is 1.54. The van der Waals surface area contributed by atoms with Crippen LogP contribution in [-0.2, 0) is 14.3 Å². The molecule has 2 aromatic carbocycles. The summed E-state index contributed by atoms with van der Waals surface area (Å²) in [5.41, 5.74) is 1.70. The number of nitrogens with zero attached hydrogens (tertiary/aromatic N) is 1. The minimum atomic E-state index is -0.699. The lowest BCUT2D eigenvalue weighted by Gasteiger charge is -2.11. The van der Waals surface area contributed by atoms with Gasteiger partial charge in [-0.3, -0.25) is 4.79 Å². The molecule has 0 aliphatic rings. The van der Waals surface area contributed by atoms with E-state index in [1.807, 2.05) is 12.1 Å². The van der Waals surface area contributed by atoms with Crippen LogP contribution < -0.4 is 14.8 Å². The van der Waals surface area contributed by atoms with E-state index in [1.165, 1.54) is 20.3 Å². The first-order valence-electron chi connectivity index (χ1n) is 8.31. The molecule has 0 unspecified atom stereocenters. The Labute approximate surface area is 160 Å². The Kier molecular flexibility index (Phi) is 5.91. The van der Waals surface area contributed by atoms with Crippen LogP contribution in [0.5, 0.6) is 11.5 Å². The summed E-state index contributed by atoms with van der Waals surface area (Å²) < 4.78 is 20.7. The molecular formula is C20H18N2O6. The minimum Gasteiger partial charge on any atom is -0.497 e. The second-order valence-electron chi connectivity index (χ2n) is 5.58. The van der Waals surface area contributed by atoms with Gasteiger partial charge in [-0.1, -0.05) is 12.1 Å². The van der Waals surface area contributed by atoms with Gasteiger partial charge in [-0.2, -0.15) is 0 Å². The Morgan fingerprint density at radius 1 is 1.14 bits per heavy atom. The summed E-state index contributed by atoms with van der Waals surface area (Å²) in [7, 11) is 2.99. The number of hydrogen-bond acceptors (Lipinski definition) is 7. The Bertz CT molecular complexity index is 991. The van der Waals surface area contributed by atoms with Gasteiger partial charge in [-0.15, -0.1) is 0 Å². The van der Waals surface area contributed by atoms with Crippen molar-refractivity contribution in [3.05, 3.63) is 54.4 Å². The van der Waals surface area contributed by atoms with Crippen molar-refractivity contribution in [2.24, 2.45) is 0 Å². The summed E-state index contributed by atoms with van der Waals surface area (Å²) in [6.07, 6.45) is 2.52. The average Bonchev–Trinajstić information content (AvgIpc) is 3.13. The topological polar surface area (TPSA) is 99.9 Å². The molecule has 1 N–H and O–H groups in total. The van der Waals surface area contributed by atoms with Gasteiger partial charge in [0.2, 0.25) is 5.89 Å². The van der Waals surface area contributed by atoms with E-state index in [0.29, 0.717) is 28.3 Å². The lowest BCUT2D eigenvalue weighted by Crippen LogP contribution is -2.20. The second-order valence-corrected chi connectivity index (χ2v) is 5.58. The van der Waals surface area contributed by atoms with Gasteiger partial charge in [-0.05, 0) is 24.3 Å². The summed E-state index contributed by atoms with van der Waals surface area (Å²) in [5.74, 6) is 0.0552. The molecule has 0 aliphatic carbocycles. The number of ether oxygens (including phenoxy) is 3. The number of oxazole rings is 1. The zero-order chi connectivity index (χ0) is 19.9. The first kappa shape index (κ1) is 19.0. The quantitative estimate of drug-likeness (QED) is 0.495. The molecule has 1 heterocycles. The van der Waals surface area contributed by atoms with Crippen LogP contribution in [0.3, 0.4) is 0 Å². The lowest BCUT2D eigenvalue weighted by atomic mass is 10.2. The molecule has 3 rings (SSSR count). The van der Waals surface area contributed by atoms with Gasteiger partial charge >= 0.3 is 5.97 Å². The van der Waals surface area contributed by atoms with Crippen molar-refractivity contribution in [3.8, 4) is 11.5 Å². The zero-order valence-corrected chi connectivity index (χ0v) is 15.3. The first-order chi connectivity index (χ1) is 13.6. The van der Waals surface area contributed by atoms with Gasteiger partial charge in [-0.25, -0.2) is 9.78 Å². The number of para-hydroxylation sites is 2. The zero-order valence-electron chi connectivity index (χ0n) is 15.3. The number of methoxy groups -OCH3 is 2. The van der Waals surface area contributed by atoms with Crippen LogP contribution >= 0.6 is 0 Å². The normalized spacial score (nSPS) is 10.8. The molecule has 0 saturated heterocycles. The van der Waals surface area contributed by atoms with Crippen LogP contribution in [0.4, 0.5) is 5.69 Å². The van der Waals surface area contributed by atoms with E-state index in [1.54, 1.807) is 30.3 Å². The predicted octanol–water partition coefficient (Wildman–Crippen LogP) is 3.04. The number of nitrogens with one attached hydrogen (secondary N) is 1. The molecule has 0 atom stereocenters. The Morgan fingerprint density at radius 2 is 1.96 bits per heavy atom. The maximum absolute atomic E-state index is 12.0. The summed E-state index contributed by atoms with van der Waals surface area (Å²) in [6, 6.07) is 12.2. The third-order valence-corrected chi connectivity index (χ3v) is 3.70. The number of fused-ring (bicyclic) bond motifs is 1. The highest BCUT2D eigenvalue weighted by Gasteiger charge is 2.11. The van der Waals surface area contributed by atoms with Crippen LogP contribution in [0.15, 0.2) is 53.0 Å². The number of carbonyl (C=O) groups is 2. The maximum Gasteiger partial charge on any atom is 0.331 e. The third-order valence-electron chi connectivity index (χ3n) is 3.70.